The average molecular weight is 292 g/mol. The summed E-state index contributed by atoms with van der Waals surface area (Å²) < 4.78 is 14.6. The lowest BCUT2D eigenvalue weighted by Crippen LogP contribution is -1.90. The number of halogens is 2. The molecule has 0 aliphatic rings. The summed E-state index contributed by atoms with van der Waals surface area (Å²) in [5, 5.41) is 10.9. The molecule has 0 saturated carbocycles. The molecule has 0 amide bonds. The summed E-state index contributed by atoms with van der Waals surface area (Å²) in [6, 6.07) is 7.26. The quantitative estimate of drug-likeness (QED) is 0.534. The van der Waals surface area contributed by atoms with E-state index >= 15 is 0 Å². The number of imidazole rings is 1. The van der Waals surface area contributed by atoms with Crippen molar-refractivity contribution in [2.24, 2.45) is 0 Å². The largest absolute Gasteiger partial charge is 0.304 e. The van der Waals surface area contributed by atoms with Gasteiger partial charge in [0.15, 0.2) is 0 Å². The minimum Gasteiger partial charge on any atom is -0.304 e. The summed E-state index contributed by atoms with van der Waals surface area (Å²) >= 11 is 5.76. The maximum absolute atomic E-state index is 13.1. The minimum absolute atomic E-state index is 0.0635. The highest BCUT2D eigenvalue weighted by atomic mass is 35.5. The molecule has 2 heterocycles. The van der Waals surface area contributed by atoms with Gasteiger partial charge in [-0.15, -0.1) is 0 Å². The Morgan fingerprint density at radius 3 is 2.80 bits per heavy atom. The van der Waals surface area contributed by atoms with E-state index in [1.807, 2.05) is 0 Å². The number of hydrogen-bond donors (Lipinski definition) is 0. The Labute approximate surface area is 117 Å². The highest BCUT2D eigenvalue weighted by Crippen LogP contribution is 2.30. The highest BCUT2D eigenvalue weighted by molar-refractivity contribution is 6.32. The monoisotopic (exact) mass is 291 g/mol. The summed E-state index contributed by atoms with van der Waals surface area (Å²) in [4.78, 5) is 14.6. The van der Waals surface area contributed by atoms with Crippen molar-refractivity contribution >= 4 is 22.9 Å². The Balaban J connectivity index is 2.15. The van der Waals surface area contributed by atoms with Crippen molar-refractivity contribution in [1.29, 1.82) is 0 Å². The normalized spacial score (nSPS) is 10.9. The Morgan fingerprint density at radius 2 is 2.05 bits per heavy atom. The average Bonchev–Trinajstić information content (AvgIpc) is 2.81. The number of nitrogens with zero attached hydrogens (tertiary/aromatic N) is 3. The van der Waals surface area contributed by atoms with Gasteiger partial charge in [-0.3, -0.25) is 10.1 Å². The highest BCUT2D eigenvalue weighted by Gasteiger charge is 2.15. The van der Waals surface area contributed by atoms with E-state index < -0.39 is 4.92 Å². The smallest absolute Gasteiger partial charge is 0.288 e. The van der Waals surface area contributed by atoms with Gasteiger partial charge < -0.3 is 4.40 Å². The van der Waals surface area contributed by atoms with Crippen LogP contribution in [0.3, 0.4) is 0 Å². The summed E-state index contributed by atoms with van der Waals surface area (Å²) in [5.41, 5.74) is 1.42. The van der Waals surface area contributed by atoms with Gasteiger partial charge in [-0.2, -0.15) is 0 Å². The van der Waals surface area contributed by atoms with Crippen LogP contribution < -0.4 is 0 Å². The zero-order chi connectivity index (χ0) is 14.3. The number of nitro groups is 1. The zero-order valence-corrected chi connectivity index (χ0v) is 10.7. The molecule has 0 bridgehead atoms. The van der Waals surface area contributed by atoms with E-state index in [1.165, 1.54) is 34.9 Å². The van der Waals surface area contributed by atoms with Crippen LogP contribution in [-0.2, 0) is 0 Å². The first-order valence-electron chi connectivity index (χ1n) is 5.63. The first-order valence-corrected chi connectivity index (χ1v) is 6.01. The molecule has 2 aromatic heterocycles. The maximum atomic E-state index is 13.1. The van der Waals surface area contributed by atoms with E-state index in [2.05, 4.69) is 4.98 Å². The SMILES string of the molecule is O=[N+]([O-])c1cc(-c2cn3cc(F)ccc3n2)ccc1Cl. The van der Waals surface area contributed by atoms with Crippen molar-refractivity contribution in [2.45, 2.75) is 0 Å². The fourth-order valence-corrected chi connectivity index (χ4v) is 2.10. The summed E-state index contributed by atoms with van der Waals surface area (Å²) in [6.07, 6.45) is 2.89. The van der Waals surface area contributed by atoms with Crippen LogP contribution in [0.2, 0.25) is 5.02 Å². The van der Waals surface area contributed by atoms with Crippen molar-refractivity contribution in [3.63, 3.8) is 0 Å². The van der Waals surface area contributed by atoms with Crippen molar-refractivity contribution in [3.05, 3.63) is 63.7 Å². The van der Waals surface area contributed by atoms with Gasteiger partial charge in [0, 0.05) is 24.0 Å². The molecular formula is C13H7ClFN3O2. The number of pyridine rings is 1. The Bertz CT molecular complexity index is 832. The van der Waals surface area contributed by atoms with Gasteiger partial charge in [0.05, 0.1) is 10.6 Å². The second kappa shape index (κ2) is 4.57. The number of hydrogen-bond acceptors (Lipinski definition) is 3. The number of nitro benzene ring substituents is 1. The maximum Gasteiger partial charge on any atom is 0.288 e. The summed E-state index contributed by atoms with van der Waals surface area (Å²) in [5.74, 6) is -0.386. The molecule has 100 valence electrons. The second-order valence-electron chi connectivity index (χ2n) is 4.16. The van der Waals surface area contributed by atoms with E-state index in [-0.39, 0.29) is 16.5 Å². The molecule has 5 nitrogen and oxygen atoms in total. The molecule has 0 atom stereocenters. The molecule has 1 aromatic carbocycles. The van der Waals surface area contributed by atoms with Crippen molar-refractivity contribution < 1.29 is 9.31 Å². The topological polar surface area (TPSA) is 60.4 Å². The van der Waals surface area contributed by atoms with Gasteiger partial charge in [0.1, 0.15) is 16.5 Å². The van der Waals surface area contributed by atoms with Crippen LogP contribution >= 0.6 is 11.6 Å². The molecule has 0 spiro atoms. The third-order valence-corrected chi connectivity index (χ3v) is 3.17. The van der Waals surface area contributed by atoms with Crippen LogP contribution in [-0.4, -0.2) is 14.3 Å². The molecule has 0 aliphatic heterocycles. The van der Waals surface area contributed by atoms with Crippen molar-refractivity contribution in [1.82, 2.24) is 9.38 Å². The van der Waals surface area contributed by atoms with E-state index in [4.69, 9.17) is 11.6 Å². The fourth-order valence-electron chi connectivity index (χ4n) is 1.92. The van der Waals surface area contributed by atoms with Crippen LogP contribution in [0, 0.1) is 15.9 Å². The predicted octanol–water partition coefficient (Wildman–Crippen LogP) is 3.70. The molecule has 0 N–H and O–H groups in total. The number of benzene rings is 1. The number of rotatable bonds is 2. The van der Waals surface area contributed by atoms with Gasteiger partial charge in [0.25, 0.3) is 5.69 Å². The zero-order valence-electron chi connectivity index (χ0n) is 9.96. The molecule has 0 fully saturated rings. The Hall–Kier alpha value is -2.47. The van der Waals surface area contributed by atoms with Crippen molar-refractivity contribution in [2.75, 3.05) is 0 Å². The molecule has 7 heteroatoms. The van der Waals surface area contributed by atoms with Crippen LogP contribution in [0.25, 0.3) is 16.9 Å². The molecule has 20 heavy (non-hydrogen) atoms. The molecule has 3 aromatic rings. The van der Waals surface area contributed by atoms with E-state index in [0.29, 0.717) is 16.9 Å². The lowest BCUT2D eigenvalue weighted by Gasteiger charge is -1.98. The van der Waals surface area contributed by atoms with Gasteiger partial charge in [-0.25, -0.2) is 9.37 Å². The third-order valence-electron chi connectivity index (χ3n) is 2.85. The fraction of sp³-hybridized carbons (Fsp3) is 0. The standard InChI is InChI=1S/C13H7ClFN3O2/c14-10-3-1-8(5-12(10)18(19)20)11-7-17-6-9(15)2-4-13(17)16-11/h1-7H. The molecular weight excluding hydrogens is 285 g/mol. The Kier molecular flexibility index (Phi) is 2.87. The first-order chi connectivity index (χ1) is 9.54. The lowest BCUT2D eigenvalue weighted by molar-refractivity contribution is -0.384. The minimum atomic E-state index is -0.554. The number of fused-ring (bicyclic) bond motifs is 1. The summed E-state index contributed by atoms with van der Waals surface area (Å²) in [6.45, 7) is 0. The molecule has 3 rings (SSSR count). The van der Waals surface area contributed by atoms with E-state index in [0.717, 1.165) is 0 Å². The van der Waals surface area contributed by atoms with Gasteiger partial charge in [0.2, 0.25) is 0 Å². The predicted molar refractivity (Wildman–Crippen MR) is 72.3 cm³/mol. The lowest BCUT2D eigenvalue weighted by atomic mass is 10.1. The van der Waals surface area contributed by atoms with Gasteiger partial charge in [-0.1, -0.05) is 17.7 Å². The van der Waals surface area contributed by atoms with Crippen LogP contribution in [0.4, 0.5) is 10.1 Å². The Morgan fingerprint density at radius 1 is 1.25 bits per heavy atom. The van der Waals surface area contributed by atoms with Gasteiger partial charge in [-0.05, 0) is 18.2 Å². The number of aromatic nitrogens is 2. The van der Waals surface area contributed by atoms with Crippen molar-refractivity contribution in [3.8, 4) is 11.3 Å². The van der Waals surface area contributed by atoms with E-state index in [9.17, 15) is 14.5 Å². The molecule has 0 saturated heterocycles. The molecule has 0 unspecified atom stereocenters. The van der Waals surface area contributed by atoms with E-state index in [1.54, 1.807) is 12.3 Å². The third kappa shape index (κ3) is 2.10. The summed E-state index contributed by atoms with van der Waals surface area (Å²) in [7, 11) is 0. The molecule has 0 aliphatic carbocycles. The second-order valence-corrected chi connectivity index (χ2v) is 4.57. The van der Waals surface area contributed by atoms with Crippen LogP contribution in [0.1, 0.15) is 0 Å². The molecule has 0 radical (unpaired) electrons. The van der Waals surface area contributed by atoms with Gasteiger partial charge >= 0.3 is 0 Å². The van der Waals surface area contributed by atoms with Crippen LogP contribution in [0.15, 0.2) is 42.7 Å². The van der Waals surface area contributed by atoms with Crippen LogP contribution in [0.5, 0.6) is 0 Å². The first kappa shape index (κ1) is 12.6.